The molecule has 0 saturated carbocycles. The third-order valence-electron chi connectivity index (χ3n) is 3.29. The predicted octanol–water partition coefficient (Wildman–Crippen LogP) is 4.18. The molecule has 1 aromatic carbocycles. The van der Waals surface area contributed by atoms with E-state index >= 15 is 0 Å². The fourth-order valence-electron chi connectivity index (χ4n) is 2.12. The lowest BCUT2D eigenvalue weighted by Crippen LogP contribution is -2.11. The van der Waals surface area contributed by atoms with E-state index in [-0.39, 0.29) is 11.6 Å². The topological polar surface area (TPSA) is 98.3 Å². The first kappa shape index (κ1) is 15.9. The van der Waals surface area contributed by atoms with E-state index in [2.05, 4.69) is 10.3 Å². The Morgan fingerprint density at radius 2 is 1.92 bits per heavy atom. The normalized spacial score (nSPS) is 10.6. The Bertz CT molecular complexity index is 912. The number of nitrogens with one attached hydrogen (secondary N) is 1. The van der Waals surface area contributed by atoms with Gasteiger partial charge in [0.15, 0.2) is 10.8 Å². The number of nitrogens with zero attached hydrogens (tertiary/aromatic N) is 2. The van der Waals surface area contributed by atoms with Gasteiger partial charge < -0.3 is 9.73 Å². The molecule has 0 aliphatic rings. The number of nitro benzene ring substituents is 1. The van der Waals surface area contributed by atoms with Crippen LogP contribution in [0, 0.1) is 24.0 Å². The van der Waals surface area contributed by atoms with Crippen molar-refractivity contribution in [2.24, 2.45) is 0 Å². The first-order chi connectivity index (χ1) is 11.4. The molecule has 24 heavy (non-hydrogen) atoms. The zero-order chi connectivity index (χ0) is 17.3. The van der Waals surface area contributed by atoms with E-state index in [4.69, 9.17) is 4.42 Å². The van der Waals surface area contributed by atoms with Crippen LogP contribution in [0.4, 0.5) is 11.4 Å². The van der Waals surface area contributed by atoms with Crippen molar-refractivity contribution in [2.45, 2.75) is 13.8 Å². The number of carbonyl (C=O) groups excluding carboxylic acids is 1. The number of anilines is 1. The van der Waals surface area contributed by atoms with Crippen LogP contribution < -0.4 is 5.32 Å². The second-order valence-corrected chi connectivity index (χ2v) is 6.10. The van der Waals surface area contributed by atoms with Crippen LogP contribution in [0.15, 0.2) is 40.8 Å². The molecule has 0 atom stereocenters. The maximum Gasteiger partial charge on any atom is 0.269 e. The number of benzene rings is 1. The highest BCUT2D eigenvalue weighted by molar-refractivity contribution is 7.17. The van der Waals surface area contributed by atoms with Crippen LogP contribution >= 0.6 is 11.3 Å². The average Bonchev–Trinajstić information content (AvgIpc) is 3.13. The van der Waals surface area contributed by atoms with Gasteiger partial charge in [0.05, 0.1) is 10.6 Å². The Hall–Kier alpha value is -3.00. The number of nitro groups is 1. The lowest BCUT2D eigenvalue weighted by Gasteiger charge is -2.03. The standard InChI is InChI=1S/C16H13N3O4S/c1-9-3-8-13(23-9)16-17-10(2)14(24-16)15(20)18-11-4-6-12(7-5-11)19(21)22/h3-8H,1-2H3,(H,18,20). The molecule has 2 aromatic heterocycles. The van der Waals surface area contributed by atoms with E-state index in [1.54, 1.807) is 6.92 Å². The smallest absolute Gasteiger partial charge is 0.269 e. The van der Waals surface area contributed by atoms with Crippen molar-refractivity contribution in [3.63, 3.8) is 0 Å². The van der Waals surface area contributed by atoms with Crippen molar-refractivity contribution in [1.82, 2.24) is 4.98 Å². The van der Waals surface area contributed by atoms with Gasteiger partial charge in [-0.1, -0.05) is 0 Å². The Kier molecular flexibility index (Phi) is 4.13. The summed E-state index contributed by atoms with van der Waals surface area (Å²) >= 11 is 1.24. The van der Waals surface area contributed by atoms with E-state index < -0.39 is 4.92 Å². The summed E-state index contributed by atoms with van der Waals surface area (Å²) in [6, 6.07) is 9.30. The average molecular weight is 343 g/mol. The number of aryl methyl sites for hydroxylation is 2. The molecule has 0 radical (unpaired) electrons. The summed E-state index contributed by atoms with van der Waals surface area (Å²) < 4.78 is 5.52. The zero-order valence-electron chi connectivity index (χ0n) is 12.9. The number of hydrogen-bond donors (Lipinski definition) is 1. The molecule has 8 heteroatoms. The summed E-state index contributed by atoms with van der Waals surface area (Å²) in [5.41, 5.74) is 1.05. The third kappa shape index (κ3) is 3.18. The van der Waals surface area contributed by atoms with Gasteiger partial charge in [-0.3, -0.25) is 14.9 Å². The number of hydrogen-bond acceptors (Lipinski definition) is 6. The summed E-state index contributed by atoms with van der Waals surface area (Å²) in [4.78, 5) is 27.4. The van der Waals surface area contributed by atoms with E-state index in [0.717, 1.165) is 5.76 Å². The molecule has 0 spiro atoms. The molecule has 3 aromatic rings. The Labute approximate surface area is 141 Å². The molecule has 0 bridgehead atoms. The van der Waals surface area contributed by atoms with Gasteiger partial charge in [0.2, 0.25) is 0 Å². The van der Waals surface area contributed by atoms with Gasteiger partial charge >= 0.3 is 0 Å². The molecule has 0 unspecified atom stereocenters. The fourth-order valence-corrected chi connectivity index (χ4v) is 3.04. The molecular formula is C16H13N3O4S. The molecular weight excluding hydrogens is 330 g/mol. The summed E-state index contributed by atoms with van der Waals surface area (Å²) in [6.07, 6.45) is 0. The second-order valence-electron chi connectivity index (χ2n) is 5.10. The Morgan fingerprint density at radius 1 is 1.21 bits per heavy atom. The highest BCUT2D eigenvalue weighted by atomic mass is 32.1. The number of carbonyl (C=O) groups is 1. The quantitative estimate of drug-likeness (QED) is 0.566. The lowest BCUT2D eigenvalue weighted by molar-refractivity contribution is -0.384. The monoisotopic (exact) mass is 343 g/mol. The van der Waals surface area contributed by atoms with Crippen molar-refractivity contribution in [3.05, 3.63) is 62.8 Å². The van der Waals surface area contributed by atoms with Crippen molar-refractivity contribution in [1.29, 1.82) is 0 Å². The number of non-ortho nitro benzene ring substituents is 1. The number of thiazole rings is 1. The van der Waals surface area contributed by atoms with Crippen LogP contribution in [0.2, 0.25) is 0 Å². The molecule has 0 fully saturated rings. The van der Waals surface area contributed by atoms with Gasteiger partial charge in [0.25, 0.3) is 11.6 Å². The van der Waals surface area contributed by atoms with Gasteiger partial charge in [-0.05, 0) is 38.1 Å². The minimum atomic E-state index is -0.490. The van der Waals surface area contributed by atoms with E-state index in [1.165, 1.54) is 35.6 Å². The molecule has 1 amide bonds. The second kappa shape index (κ2) is 6.25. The van der Waals surface area contributed by atoms with E-state index in [1.807, 2.05) is 19.1 Å². The molecule has 7 nitrogen and oxygen atoms in total. The maximum atomic E-state index is 12.4. The Morgan fingerprint density at radius 3 is 2.50 bits per heavy atom. The van der Waals surface area contributed by atoms with Crippen LogP contribution in [0.1, 0.15) is 21.1 Å². The molecule has 2 heterocycles. The maximum absolute atomic E-state index is 12.4. The van der Waals surface area contributed by atoms with Gasteiger partial charge in [0.1, 0.15) is 10.6 Å². The van der Waals surface area contributed by atoms with Crippen molar-refractivity contribution >= 4 is 28.6 Å². The minimum Gasteiger partial charge on any atom is -0.459 e. The van der Waals surface area contributed by atoms with Crippen molar-refractivity contribution in [2.75, 3.05) is 5.32 Å². The summed E-state index contributed by atoms with van der Waals surface area (Å²) in [6.45, 7) is 3.59. The van der Waals surface area contributed by atoms with Crippen molar-refractivity contribution < 1.29 is 14.1 Å². The summed E-state index contributed by atoms with van der Waals surface area (Å²) in [5, 5.41) is 14.0. The molecule has 0 aliphatic heterocycles. The molecule has 0 saturated heterocycles. The van der Waals surface area contributed by atoms with Gasteiger partial charge in [-0.15, -0.1) is 11.3 Å². The van der Waals surface area contributed by atoms with E-state index in [9.17, 15) is 14.9 Å². The number of rotatable bonds is 4. The highest BCUT2D eigenvalue weighted by Gasteiger charge is 2.18. The SMILES string of the molecule is Cc1ccc(-c2nc(C)c(C(=O)Nc3ccc([N+](=O)[O-])cc3)s2)o1. The first-order valence-electron chi connectivity index (χ1n) is 7.04. The van der Waals surface area contributed by atoms with Gasteiger partial charge in [-0.2, -0.15) is 0 Å². The number of amides is 1. The lowest BCUT2D eigenvalue weighted by atomic mass is 10.2. The predicted molar refractivity (Wildman–Crippen MR) is 90.3 cm³/mol. The van der Waals surface area contributed by atoms with Crippen LogP contribution in [-0.4, -0.2) is 15.8 Å². The largest absolute Gasteiger partial charge is 0.459 e. The minimum absolute atomic E-state index is 0.0301. The van der Waals surface area contributed by atoms with Crippen LogP contribution in [0.3, 0.4) is 0 Å². The Balaban J connectivity index is 1.80. The fraction of sp³-hybridized carbons (Fsp3) is 0.125. The summed E-state index contributed by atoms with van der Waals surface area (Å²) in [5.74, 6) is 1.08. The molecule has 3 rings (SSSR count). The molecule has 122 valence electrons. The number of furan rings is 1. The third-order valence-corrected chi connectivity index (χ3v) is 4.46. The summed E-state index contributed by atoms with van der Waals surface area (Å²) in [7, 11) is 0. The van der Waals surface area contributed by atoms with Crippen LogP contribution in [0.5, 0.6) is 0 Å². The van der Waals surface area contributed by atoms with E-state index in [0.29, 0.717) is 27.0 Å². The van der Waals surface area contributed by atoms with Crippen LogP contribution in [-0.2, 0) is 0 Å². The molecule has 1 N–H and O–H groups in total. The highest BCUT2D eigenvalue weighted by Crippen LogP contribution is 2.29. The first-order valence-corrected chi connectivity index (χ1v) is 7.86. The van der Waals surface area contributed by atoms with Crippen molar-refractivity contribution in [3.8, 4) is 10.8 Å². The van der Waals surface area contributed by atoms with Crippen LogP contribution in [0.25, 0.3) is 10.8 Å². The number of aromatic nitrogens is 1. The zero-order valence-corrected chi connectivity index (χ0v) is 13.7. The molecule has 0 aliphatic carbocycles. The van der Waals surface area contributed by atoms with Gasteiger partial charge in [0, 0.05) is 17.8 Å². The van der Waals surface area contributed by atoms with Gasteiger partial charge in [-0.25, -0.2) is 4.98 Å².